The average molecular weight is 291 g/mol. The lowest BCUT2D eigenvalue weighted by atomic mass is 9.95. The van der Waals surface area contributed by atoms with E-state index in [0.717, 1.165) is 6.61 Å². The Morgan fingerprint density at radius 1 is 1.05 bits per heavy atom. The first-order valence-corrected chi connectivity index (χ1v) is 8.40. The first-order chi connectivity index (χ1) is 9.99. The number of ether oxygens (including phenoxy) is 1. The van der Waals surface area contributed by atoms with Crippen LogP contribution in [0.4, 0.5) is 0 Å². The molecule has 2 nitrogen and oxygen atoms in total. The minimum Gasteiger partial charge on any atom is -0.379 e. The SMILES string of the molecule is CCCCC(CC)COCC(N)c1c(C)cc(C)cc1C. The van der Waals surface area contributed by atoms with Gasteiger partial charge in [0, 0.05) is 6.61 Å². The van der Waals surface area contributed by atoms with E-state index in [4.69, 9.17) is 10.5 Å². The van der Waals surface area contributed by atoms with Crippen molar-refractivity contribution in [3.05, 3.63) is 34.4 Å². The molecule has 0 fully saturated rings. The van der Waals surface area contributed by atoms with E-state index < -0.39 is 0 Å². The second-order valence-corrected chi connectivity index (χ2v) is 6.37. The fourth-order valence-corrected chi connectivity index (χ4v) is 3.12. The Balaban J connectivity index is 2.52. The predicted molar refractivity (Wildman–Crippen MR) is 91.7 cm³/mol. The van der Waals surface area contributed by atoms with Crippen molar-refractivity contribution in [2.75, 3.05) is 13.2 Å². The van der Waals surface area contributed by atoms with E-state index in [9.17, 15) is 0 Å². The van der Waals surface area contributed by atoms with E-state index in [2.05, 4.69) is 46.8 Å². The summed E-state index contributed by atoms with van der Waals surface area (Å²) < 4.78 is 5.92. The van der Waals surface area contributed by atoms with E-state index >= 15 is 0 Å². The highest BCUT2D eigenvalue weighted by atomic mass is 16.5. The Morgan fingerprint density at radius 3 is 2.19 bits per heavy atom. The van der Waals surface area contributed by atoms with E-state index in [1.54, 1.807) is 0 Å². The number of nitrogens with two attached hydrogens (primary N) is 1. The quantitative estimate of drug-likeness (QED) is 0.706. The molecule has 0 aliphatic carbocycles. The highest BCUT2D eigenvalue weighted by molar-refractivity contribution is 5.39. The van der Waals surface area contributed by atoms with Gasteiger partial charge < -0.3 is 10.5 Å². The fraction of sp³-hybridized carbons (Fsp3) is 0.684. The zero-order valence-electron chi connectivity index (χ0n) is 14.5. The van der Waals surface area contributed by atoms with Gasteiger partial charge in [-0.05, 0) is 49.8 Å². The average Bonchev–Trinajstić information content (AvgIpc) is 2.41. The van der Waals surface area contributed by atoms with E-state index in [-0.39, 0.29) is 6.04 Å². The van der Waals surface area contributed by atoms with Crippen LogP contribution in [0, 0.1) is 26.7 Å². The molecule has 0 saturated heterocycles. The summed E-state index contributed by atoms with van der Waals surface area (Å²) in [5.41, 5.74) is 11.5. The maximum Gasteiger partial charge on any atom is 0.0659 e. The van der Waals surface area contributed by atoms with Crippen LogP contribution in [0.25, 0.3) is 0 Å². The zero-order valence-corrected chi connectivity index (χ0v) is 14.5. The molecule has 2 heteroatoms. The number of unbranched alkanes of at least 4 members (excludes halogenated alkanes) is 1. The number of benzene rings is 1. The third-order valence-corrected chi connectivity index (χ3v) is 4.30. The number of hydrogen-bond donors (Lipinski definition) is 1. The molecule has 2 unspecified atom stereocenters. The number of hydrogen-bond acceptors (Lipinski definition) is 2. The largest absolute Gasteiger partial charge is 0.379 e. The predicted octanol–water partition coefficient (Wildman–Crippen LogP) is 4.84. The standard InChI is InChI=1S/C19H33NO/c1-6-8-9-17(7-2)12-21-13-18(20)19-15(4)10-14(3)11-16(19)5/h10-11,17-18H,6-9,12-13,20H2,1-5H3. The van der Waals surface area contributed by atoms with Crippen LogP contribution in [0.15, 0.2) is 12.1 Å². The maximum atomic E-state index is 6.35. The van der Waals surface area contributed by atoms with Crippen LogP contribution in [0.5, 0.6) is 0 Å². The van der Waals surface area contributed by atoms with Crippen LogP contribution in [0.2, 0.25) is 0 Å². The second kappa shape index (κ2) is 9.22. The van der Waals surface area contributed by atoms with Crippen LogP contribution in [0.1, 0.15) is 67.8 Å². The summed E-state index contributed by atoms with van der Waals surface area (Å²) in [5.74, 6) is 0.678. The molecular formula is C19H33NO. The Morgan fingerprint density at radius 2 is 1.67 bits per heavy atom. The van der Waals surface area contributed by atoms with Crippen LogP contribution in [0.3, 0.4) is 0 Å². The molecule has 1 aromatic rings. The van der Waals surface area contributed by atoms with Gasteiger partial charge in [-0.1, -0.05) is 50.8 Å². The van der Waals surface area contributed by atoms with Crippen molar-refractivity contribution in [1.82, 2.24) is 0 Å². The number of aryl methyl sites for hydroxylation is 3. The Labute approximate surface area is 131 Å². The van der Waals surface area contributed by atoms with E-state index in [1.165, 1.54) is 47.9 Å². The minimum atomic E-state index is -0.0192. The van der Waals surface area contributed by atoms with Gasteiger partial charge in [0.15, 0.2) is 0 Å². The maximum absolute atomic E-state index is 6.35. The fourth-order valence-electron chi connectivity index (χ4n) is 3.12. The van der Waals surface area contributed by atoms with Gasteiger partial charge in [0.1, 0.15) is 0 Å². The highest BCUT2D eigenvalue weighted by Gasteiger charge is 2.14. The molecule has 120 valence electrons. The van der Waals surface area contributed by atoms with Gasteiger partial charge in [-0.3, -0.25) is 0 Å². The minimum absolute atomic E-state index is 0.0192. The first kappa shape index (κ1) is 18.2. The molecule has 1 aromatic carbocycles. The van der Waals surface area contributed by atoms with Gasteiger partial charge >= 0.3 is 0 Å². The molecule has 0 aliphatic rings. The third-order valence-electron chi connectivity index (χ3n) is 4.30. The van der Waals surface area contributed by atoms with Crippen molar-refractivity contribution in [1.29, 1.82) is 0 Å². The van der Waals surface area contributed by atoms with Gasteiger partial charge in [0.05, 0.1) is 12.6 Å². The van der Waals surface area contributed by atoms with Crippen molar-refractivity contribution in [3.63, 3.8) is 0 Å². The molecule has 0 saturated carbocycles. The van der Waals surface area contributed by atoms with Crippen molar-refractivity contribution < 1.29 is 4.74 Å². The summed E-state index contributed by atoms with van der Waals surface area (Å²) in [4.78, 5) is 0. The molecule has 0 aromatic heterocycles. The van der Waals surface area contributed by atoms with Crippen LogP contribution in [-0.4, -0.2) is 13.2 Å². The molecule has 21 heavy (non-hydrogen) atoms. The van der Waals surface area contributed by atoms with Gasteiger partial charge in [-0.25, -0.2) is 0 Å². The molecule has 0 bridgehead atoms. The topological polar surface area (TPSA) is 35.2 Å². The van der Waals surface area contributed by atoms with Crippen LogP contribution >= 0.6 is 0 Å². The molecule has 0 spiro atoms. The van der Waals surface area contributed by atoms with Crippen molar-refractivity contribution in [3.8, 4) is 0 Å². The summed E-state index contributed by atoms with van der Waals surface area (Å²) in [6.07, 6.45) is 5.02. The molecule has 2 N–H and O–H groups in total. The van der Waals surface area contributed by atoms with Gasteiger partial charge in [-0.2, -0.15) is 0 Å². The molecule has 2 atom stereocenters. The van der Waals surface area contributed by atoms with Gasteiger partial charge in [0.25, 0.3) is 0 Å². The summed E-state index contributed by atoms with van der Waals surface area (Å²) in [6, 6.07) is 4.39. The molecule has 0 heterocycles. The lowest BCUT2D eigenvalue weighted by molar-refractivity contribution is 0.0835. The Kier molecular flexibility index (Phi) is 7.98. The first-order valence-electron chi connectivity index (χ1n) is 8.40. The summed E-state index contributed by atoms with van der Waals surface area (Å²) in [5, 5.41) is 0. The van der Waals surface area contributed by atoms with E-state index in [1.807, 2.05) is 0 Å². The molecule has 0 amide bonds. The lowest BCUT2D eigenvalue weighted by Gasteiger charge is -2.20. The van der Waals surface area contributed by atoms with Crippen molar-refractivity contribution in [2.45, 2.75) is 66.3 Å². The van der Waals surface area contributed by atoms with Crippen molar-refractivity contribution >= 4 is 0 Å². The van der Waals surface area contributed by atoms with Gasteiger partial charge in [0.2, 0.25) is 0 Å². The monoisotopic (exact) mass is 291 g/mol. The van der Waals surface area contributed by atoms with Gasteiger partial charge in [-0.15, -0.1) is 0 Å². The number of rotatable bonds is 9. The normalized spacial score (nSPS) is 14.2. The second-order valence-electron chi connectivity index (χ2n) is 6.37. The molecular weight excluding hydrogens is 258 g/mol. The molecule has 1 rings (SSSR count). The third kappa shape index (κ3) is 5.80. The highest BCUT2D eigenvalue weighted by Crippen LogP contribution is 2.23. The zero-order chi connectivity index (χ0) is 15.8. The molecule has 0 radical (unpaired) electrons. The van der Waals surface area contributed by atoms with E-state index in [0.29, 0.717) is 12.5 Å². The summed E-state index contributed by atoms with van der Waals surface area (Å²) in [6.45, 7) is 12.4. The smallest absolute Gasteiger partial charge is 0.0659 e. The van der Waals surface area contributed by atoms with Crippen molar-refractivity contribution in [2.24, 2.45) is 11.7 Å². The Bertz CT molecular complexity index is 405. The summed E-state index contributed by atoms with van der Waals surface area (Å²) in [7, 11) is 0. The summed E-state index contributed by atoms with van der Waals surface area (Å²) >= 11 is 0. The Hall–Kier alpha value is -0.860. The molecule has 0 aliphatic heterocycles. The van der Waals surface area contributed by atoms with Crippen LogP contribution in [-0.2, 0) is 4.74 Å². The van der Waals surface area contributed by atoms with Crippen LogP contribution < -0.4 is 5.73 Å². The lowest BCUT2D eigenvalue weighted by Crippen LogP contribution is -2.21.